The number of nitrogens with one attached hydrogen (secondary N) is 1. The molecule has 2 radical (unpaired) electrons. The molecule has 2 aliphatic heterocycles. The maximum atomic E-state index is 11.9. The SMILES string of the molecule is [B]c1ccc2c(c1)CC1C(CNC(C)=O)OC(=O)N21. The van der Waals surface area contributed by atoms with Gasteiger partial charge in [0.1, 0.15) is 14.0 Å². The molecular formula is C13H13BN2O3. The Hall–Kier alpha value is -1.98. The van der Waals surface area contributed by atoms with Gasteiger partial charge in [-0.3, -0.25) is 9.69 Å². The second-order valence-electron chi connectivity index (χ2n) is 4.89. The van der Waals surface area contributed by atoms with Gasteiger partial charge in [0, 0.05) is 6.92 Å². The predicted molar refractivity (Wildman–Crippen MR) is 70.8 cm³/mol. The van der Waals surface area contributed by atoms with Gasteiger partial charge in [-0.05, 0) is 18.1 Å². The van der Waals surface area contributed by atoms with E-state index in [-0.39, 0.29) is 24.1 Å². The average molecular weight is 256 g/mol. The van der Waals surface area contributed by atoms with E-state index in [0.29, 0.717) is 18.4 Å². The van der Waals surface area contributed by atoms with Crippen molar-refractivity contribution in [1.82, 2.24) is 5.32 Å². The highest BCUT2D eigenvalue weighted by Gasteiger charge is 2.47. The van der Waals surface area contributed by atoms with Gasteiger partial charge in [0.15, 0.2) is 0 Å². The topological polar surface area (TPSA) is 58.6 Å². The second kappa shape index (κ2) is 4.29. The van der Waals surface area contributed by atoms with E-state index >= 15 is 0 Å². The van der Waals surface area contributed by atoms with Crippen LogP contribution in [0.1, 0.15) is 12.5 Å². The van der Waals surface area contributed by atoms with Gasteiger partial charge in [-0.1, -0.05) is 17.6 Å². The molecule has 0 spiro atoms. The third-order valence-corrected chi connectivity index (χ3v) is 3.55. The number of fused-ring (bicyclic) bond motifs is 3. The van der Waals surface area contributed by atoms with E-state index < -0.39 is 0 Å². The molecule has 1 aromatic rings. The van der Waals surface area contributed by atoms with Crippen molar-refractivity contribution in [2.75, 3.05) is 11.4 Å². The molecule has 0 bridgehead atoms. The van der Waals surface area contributed by atoms with Crippen molar-refractivity contribution in [2.45, 2.75) is 25.5 Å². The van der Waals surface area contributed by atoms with E-state index in [9.17, 15) is 9.59 Å². The predicted octanol–water partition coefficient (Wildman–Crippen LogP) is -0.134. The largest absolute Gasteiger partial charge is 0.442 e. The molecule has 96 valence electrons. The smallest absolute Gasteiger partial charge is 0.415 e. The van der Waals surface area contributed by atoms with Gasteiger partial charge in [0.2, 0.25) is 5.91 Å². The first-order valence-electron chi connectivity index (χ1n) is 6.19. The molecule has 2 aliphatic rings. The van der Waals surface area contributed by atoms with Crippen molar-refractivity contribution in [3.05, 3.63) is 23.8 Å². The minimum atomic E-state index is -0.358. The van der Waals surface area contributed by atoms with Crippen molar-refractivity contribution < 1.29 is 14.3 Å². The van der Waals surface area contributed by atoms with Crippen LogP contribution in [0.4, 0.5) is 10.5 Å². The standard InChI is InChI=1S/C13H13BN2O3/c1-7(17)15-6-12-11-5-8-4-9(14)2-3-10(8)16(11)13(18)19-12/h2-4,11-12H,5-6H2,1H3,(H,15,17). The molecule has 6 heteroatoms. The number of hydrogen-bond acceptors (Lipinski definition) is 3. The molecule has 0 aliphatic carbocycles. The van der Waals surface area contributed by atoms with Gasteiger partial charge in [-0.15, -0.1) is 0 Å². The van der Waals surface area contributed by atoms with E-state index in [0.717, 1.165) is 11.3 Å². The number of hydrogen-bond donors (Lipinski definition) is 1. The lowest BCUT2D eigenvalue weighted by Crippen LogP contribution is -2.40. The summed E-state index contributed by atoms with van der Waals surface area (Å²) in [7, 11) is 5.76. The summed E-state index contributed by atoms with van der Waals surface area (Å²) >= 11 is 0. The number of ether oxygens (including phenoxy) is 1. The van der Waals surface area contributed by atoms with Crippen LogP contribution in [0, 0.1) is 0 Å². The molecule has 1 N–H and O–H groups in total. The third kappa shape index (κ3) is 1.97. The quantitative estimate of drug-likeness (QED) is 0.749. The van der Waals surface area contributed by atoms with Gasteiger partial charge in [0.05, 0.1) is 18.3 Å². The lowest BCUT2D eigenvalue weighted by atomic mass is 9.93. The van der Waals surface area contributed by atoms with Gasteiger partial charge in [-0.2, -0.15) is 0 Å². The summed E-state index contributed by atoms with van der Waals surface area (Å²) in [6.07, 6.45) is 0.0324. The highest BCUT2D eigenvalue weighted by atomic mass is 16.6. The fourth-order valence-corrected chi connectivity index (χ4v) is 2.72. The van der Waals surface area contributed by atoms with Crippen LogP contribution in [0.2, 0.25) is 0 Å². The van der Waals surface area contributed by atoms with Gasteiger partial charge < -0.3 is 10.1 Å². The van der Waals surface area contributed by atoms with Crippen LogP contribution in [0.25, 0.3) is 0 Å². The minimum absolute atomic E-state index is 0.0591. The first-order chi connectivity index (χ1) is 9.06. The summed E-state index contributed by atoms with van der Waals surface area (Å²) in [4.78, 5) is 24.5. The molecule has 19 heavy (non-hydrogen) atoms. The summed E-state index contributed by atoms with van der Waals surface area (Å²) in [6.45, 7) is 1.78. The van der Waals surface area contributed by atoms with Crippen molar-refractivity contribution in [2.24, 2.45) is 0 Å². The average Bonchev–Trinajstić information content (AvgIpc) is 2.84. The fourth-order valence-electron chi connectivity index (χ4n) is 2.72. The number of nitrogens with zero attached hydrogens (tertiary/aromatic N) is 1. The highest BCUT2D eigenvalue weighted by Crippen LogP contribution is 2.37. The van der Waals surface area contributed by atoms with Crippen LogP contribution < -0.4 is 15.7 Å². The summed E-state index contributed by atoms with van der Waals surface area (Å²) in [5.74, 6) is -0.130. The molecule has 5 nitrogen and oxygen atoms in total. The molecule has 2 amide bonds. The minimum Gasteiger partial charge on any atom is -0.442 e. The number of cyclic esters (lactones) is 1. The Labute approximate surface area is 112 Å². The Balaban J connectivity index is 1.84. The Morgan fingerprint density at radius 1 is 1.58 bits per heavy atom. The summed E-state index contributed by atoms with van der Waals surface area (Å²) in [6, 6.07) is 5.44. The molecule has 3 rings (SSSR count). The van der Waals surface area contributed by atoms with Gasteiger partial charge in [-0.25, -0.2) is 4.79 Å². The van der Waals surface area contributed by atoms with Crippen molar-refractivity contribution in [3.8, 4) is 0 Å². The van der Waals surface area contributed by atoms with Crippen LogP contribution in [-0.2, 0) is 16.0 Å². The van der Waals surface area contributed by atoms with Gasteiger partial charge in [0.25, 0.3) is 0 Å². The zero-order valence-electron chi connectivity index (χ0n) is 10.6. The van der Waals surface area contributed by atoms with Crippen molar-refractivity contribution >= 4 is 31.0 Å². The van der Waals surface area contributed by atoms with Crippen LogP contribution >= 0.6 is 0 Å². The monoisotopic (exact) mass is 256 g/mol. The first-order valence-corrected chi connectivity index (χ1v) is 6.19. The summed E-state index contributed by atoms with van der Waals surface area (Å²) in [5, 5.41) is 2.69. The maximum absolute atomic E-state index is 11.9. The summed E-state index contributed by atoms with van der Waals surface area (Å²) in [5.41, 5.74) is 2.59. The van der Waals surface area contributed by atoms with E-state index in [1.807, 2.05) is 12.1 Å². The zero-order valence-corrected chi connectivity index (χ0v) is 10.6. The van der Waals surface area contributed by atoms with Crippen molar-refractivity contribution in [3.63, 3.8) is 0 Å². The van der Waals surface area contributed by atoms with E-state index in [2.05, 4.69) is 5.32 Å². The molecular weight excluding hydrogens is 243 g/mol. The molecule has 2 atom stereocenters. The molecule has 0 aromatic heterocycles. The number of rotatable bonds is 2. The number of carbonyl (C=O) groups is 2. The molecule has 1 fully saturated rings. The summed E-state index contributed by atoms with van der Waals surface area (Å²) < 4.78 is 5.31. The number of anilines is 1. The number of carbonyl (C=O) groups excluding carboxylic acids is 2. The molecule has 2 heterocycles. The molecule has 2 unspecified atom stereocenters. The molecule has 1 saturated heterocycles. The van der Waals surface area contributed by atoms with E-state index in [4.69, 9.17) is 12.6 Å². The van der Waals surface area contributed by atoms with E-state index in [1.54, 1.807) is 11.0 Å². The molecule has 0 saturated carbocycles. The first kappa shape index (κ1) is 12.1. The number of benzene rings is 1. The third-order valence-electron chi connectivity index (χ3n) is 3.55. The Bertz CT molecular complexity index is 561. The van der Waals surface area contributed by atoms with Crippen molar-refractivity contribution in [1.29, 1.82) is 0 Å². The second-order valence-corrected chi connectivity index (χ2v) is 4.89. The Kier molecular flexibility index (Phi) is 2.73. The fraction of sp³-hybridized carbons (Fsp3) is 0.385. The van der Waals surface area contributed by atoms with Gasteiger partial charge >= 0.3 is 6.09 Å². The normalized spacial score (nSPS) is 23.8. The lowest BCUT2D eigenvalue weighted by molar-refractivity contribution is -0.119. The maximum Gasteiger partial charge on any atom is 0.415 e. The van der Waals surface area contributed by atoms with Crippen LogP contribution in [0.5, 0.6) is 0 Å². The highest BCUT2D eigenvalue weighted by molar-refractivity contribution is 6.32. The van der Waals surface area contributed by atoms with Crippen LogP contribution in [-0.4, -0.2) is 38.5 Å². The Morgan fingerprint density at radius 3 is 3.11 bits per heavy atom. The van der Waals surface area contributed by atoms with E-state index in [1.165, 1.54) is 6.92 Å². The van der Waals surface area contributed by atoms with Crippen LogP contribution in [0.15, 0.2) is 18.2 Å². The lowest BCUT2D eigenvalue weighted by Gasteiger charge is -2.16. The Morgan fingerprint density at radius 2 is 2.37 bits per heavy atom. The number of amides is 2. The van der Waals surface area contributed by atoms with Crippen LogP contribution in [0.3, 0.4) is 0 Å². The zero-order chi connectivity index (χ0) is 13.6. The molecule has 1 aromatic carbocycles.